The number of nitrogens with one attached hydrogen (secondary N) is 1. The number of hydrogen-bond acceptors (Lipinski definition) is 3. The third-order valence-electron chi connectivity index (χ3n) is 4.18. The van der Waals surface area contributed by atoms with Gasteiger partial charge in [-0.3, -0.25) is 9.59 Å². The lowest BCUT2D eigenvalue weighted by Gasteiger charge is -2.36. The molecule has 0 saturated carbocycles. The number of amides is 2. The van der Waals surface area contributed by atoms with Crippen LogP contribution in [0.4, 0.5) is 5.69 Å². The SMILES string of the molecule is CC1(C(=O)N2CCCCCC2)Oc2ccccc2NC1=O. The van der Waals surface area contributed by atoms with E-state index in [0.29, 0.717) is 24.5 Å². The van der Waals surface area contributed by atoms with Crippen LogP contribution in [-0.2, 0) is 9.59 Å². The van der Waals surface area contributed by atoms with Crippen molar-refractivity contribution in [2.75, 3.05) is 18.4 Å². The fourth-order valence-electron chi connectivity index (χ4n) is 2.88. The van der Waals surface area contributed by atoms with Crippen LogP contribution in [-0.4, -0.2) is 35.4 Å². The minimum absolute atomic E-state index is 0.239. The molecule has 112 valence electrons. The Bertz CT molecular complexity index is 564. The standard InChI is InChI=1S/C16H20N2O3/c1-16(15(20)18-10-6-2-3-7-11-18)14(19)17-12-8-4-5-9-13(12)21-16/h4-5,8-9H,2-3,6-7,10-11H2,1H3,(H,17,19). The van der Waals surface area contributed by atoms with Gasteiger partial charge in [-0.2, -0.15) is 0 Å². The Hall–Kier alpha value is -2.04. The van der Waals surface area contributed by atoms with Crippen molar-refractivity contribution in [2.24, 2.45) is 0 Å². The molecule has 0 bridgehead atoms. The smallest absolute Gasteiger partial charge is 0.278 e. The normalized spacial score (nSPS) is 25.4. The average molecular weight is 288 g/mol. The van der Waals surface area contributed by atoms with Crippen molar-refractivity contribution >= 4 is 17.5 Å². The van der Waals surface area contributed by atoms with Gasteiger partial charge in [0.15, 0.2) is 0 Å². The van der Waals surface area contributed by atoms with Gasteiger partial charge >= 0.3 is 0 Å². The van der Waals surface area contributed by atoms with Crippen molar-refractivity contribution in [1.29, 1.82) is 0 Å². The maximum atomic E-state index is 12.8. The van der Waals surface area contributed by atoms with E-state index in [4.69, 9.17) is 4.74 Å². The number of likely N-dealkylation sites (tertiary alicyclic amines) is 1. The summed E-state index contributed by atoms with van der Waals surface area (Å²) in [6.45, 7) is 2.96. The van der Waals surface area contributed by atoms with Crippen LogP contribution >= 0.6 is 0 Å². The summed E-state index contributed by atoms with van der Waals surface area (Å²) in [6, 6.07) is 7.18. The van der Waals surface area contributed by atoms with E-state index in [1.54, 1.807) is 24.0 Å². The van der Waals surface area contributed by atoms with Gasteiger partial charge in [-0.1, -0.05) is 25.0 Å². The maximum absolute atomic E-state index is 12.8. The first-order valence-corrected chi connectivity index (χ1v) is 7.50. The molecule has 2 amide bonds. The lowest BCUT2D eigenvalue weighted by atomic mass is 10.0. The summed E-state index contributed by atoms with van der Waals surface area (Å²) in [4.78, 5) is 26.9. The van der Waals surface area contributed by atoms with E-state index in [9.17, 15) is 9.59 Å². The van der Waals surface area contributed by atoms with E-state index in [1.807, 2.05) is 12.1 Å². The Labute approximate surface area is 124 Å². The summed E-state index contributed by atoms with van der Waals surface area (Å²) in [6.07, 6.45) is 4.24. The van der Waals surface area contributed by atoms with Crippen LogP contribution in [0.25, 0.3) is 0 Å². The van der Waals surface area contributed by atoms with E-state index < -0.39 is 11.5 Å². The molecular weight excluding hydrogens is 268 g/mol. The van der Waals surface area contributed by atoms with Gasteiger partial charge in [0.05, 0.1) is 5.69 Å². The molecule has 1 atom stereocenters. The largest absolute Gasteiger partial charge is 0.466 e. The van der Waals surface area contributed by atoms with Crippen LogP contribution in [0.15, 0.2) is 24.3 Å². The van der Waals surface area contributed by atoms with Crippen LogP contribution < -0.4 is 10.1 Å². The molecule has 2 heterocycles. The second-order valence-corrected chi connectivity index (χ2v) is 5.79. The monoisotopic (exact) mass is 288 g/mol. The molecule has 1 N–H and O–H groups in total. The lowest BCUT2D eigenvalue weighted by Crippen LogP contribution is -2.59. The summed E-state index contributed by atoms with van der Waals surface area (Å²) in [5.41, 5.74) is -0.859. The Morgan fingerprint density at radius 2 is 1.86 bits per heavy atom. The fraction of sp³-hybridized carbons (Fsp3) is 0.500. The number of carbonyl (C=O) groups is 2. The molecule has 1 aromatic carbocycles. The second-order valence-electron chi connectivity index (χ2n) is 5.79. The van der Waals surface area contributed by atoms with E-state index in [1.165, 1.54) is 0 Å². The van der Waals surface area contributed by atoms with Gasteiger partial charge < -0.3 is 15.0 Å². The number of hydrogen-bond donors (Lipinski definition) is 1. The van der Waals surface area contributed by atoms with Gasteiger partial charge in [0, 0.05) is 13.1 Å². The quantitative estimate of drug-likeness (QED) is 0.806. The number of benzene rings is 1. The van der Waals surface area contributed by atoms with E-state index in [0.717, 1.165) is 25.7 Å². The highest BCUT2D eigenvalue weighted by Crippen LogP contribution is 2.34. The highest BCUT2D eigenvalue weighted by atomic mass is 16.5. The molecule has 3 rings (SSSR count). The van der Waals surface area contributed by atoms with Crippen molar-refractivity contribution in [3.63, 3.8) is 0 Å². The summed E-state index contributed by atoms with van der Waals surface area (Å²) in [5.74, 6) is -0.0883. The summed E-state index contributed by atoms with van der Waals surface area (Å²) in [7, 11) is 0. The molecule has 0 aromatic heterocycles. The Balaban J connectivity index is 1.86. The van der Waals surface area contributed by atoms with Crippen LogP contribution in [0.1, 0.15) is 32.6 Å². The van der Waals surface area contributed by atoms with E-state index >= 15 is 0 Å². The fourth-order valence-corrected chi connectivity index (χ4v) is 2.88. The number of carbonyl (C=O) groups excluding carboxylic acids is 2. The molecule has 1 fully saturated rings. The van der Waals surface area contributed by atoms with Gasteiger partial charge in [-0.05, 0) is 31.9 Å². The Morgan fingerprint density at radius 3 is 2.57 bits per heavy atom. The summed E-state index contributed by atoms with van der Waals surface area (Å²) < 4.78 is 5.78. The molecule has 2 aliphatic rings. The number of fused-ring (bicyclic) bond motifs is 1. The predicted molar refractivity (Wildman–Crippen MR) is 79.2 cm³/mol. The first-order valence-electron chi connectivity index (χ1n) is 7.50. The number of anilines is 1. The minimum Gasteiger partial charge on any atom is -0.466 e. The van der Waals surface area contributed by atoms with Gasteiger partial charge in [-0.25, -0.2) is 0 Å². The van der Waals surface area contributed by atoms with Crippen molar-refractivity contribution < 1.29 is 14.3 Å². The highest BCUT2D eigenvalue weighted by Gasteiger charge is 2.49. The highest BCUT2D eigenvalue weighted by molar-refractivity contribution is 6.15. The Morgan fingerprint density at radius 1 is 1.19 bits per heavy atom. The molecule has 1 unspecified atom stereocenters. The zero-order valence-corrected chi connectivity index (χ0v) is 12.2. The molecule has 0 spiro atoms. The van der Waals surface area contributed by atoms with Crippen molar-refractivity contribution in [1.82, 2.24) is 4.90 Å². The van der Waals surface area contributed by atoms with Crippen molar-refractivity contribution in [3.8, 4) is 5.75 Å². The number of nitrogens with zero attached hydrogens (tertiary/aromatic N) is 1. The molecule has 5 heteroatoms. The molecule has 0 radical (unpaired) electrons. The zero-order valence-electron chi connectivity index (χ0n) is 12.2. The van der Waals surface area contributed by atoms with Gasteiger partial charge in [0.1, 0.15) is 5.75 Å². The number of ether oxygens (including phenoxy) is 1. The third-order valence-corrected chi connectivity index (χ3v) is 4.18. The van der Waals surface area contributed by atoms with Crippen molar-refractivity contribution in [3.05, 3.63) is 24.3 Å². The molecule has 1 aromatic rings. The first-order chi connectivity index (χ1) is 10.1. The predicted octanol–water partition coefficient (Wildman–Crippen LogP) is 2.18. The average Bonchev–Trinajstić information content (AvgIpc) is 2.76. The maximum Gasteiger partial charge on any atom is 0.278 e. The van der Waals surface area contributed by atoms with E-state index in [-0.39, 0.29) is 5.91 Å². The second kappa shape index (κ2) is 5.39. The molecule has 0 aliphatic carbocycles. The van der Waals surface area contributed by atoms with Gasteiger partial charge in [-0.15, -0.1) is 0 Å². The topological polar surface area (TPSA) is 58.6 Å². The zero-order chi connectivity index (χ0) is 14.9. The lowest BCUT2D eigenvalue weighted by molar-refractivity contribution is -0.154. The Kier molecular flexibility index (Phi) is 3.57. The summed E-state index contributed by atoms with van der Waals surface area (Å²) in [5, 5.41) is 2.77. The molecule has 5 nitrogen and oxygen atoms in total. The first kappa shape index (κ1) is 13.9. The van der Waals surface area contributed by atoms with Crippen LogP contribution in [0, 0.1) is 0 Å². The summed E-state index contributed by atoms with van der Waals surface area (Å²) >= 11 is 0. The minimum atomic E-state index is -1.47. The van der Waals surface area contributed by atoms with Crippen LogP contribution in [0.3, 0.4) is 0 Å². The van der Waals surface area contributed by atoms with Gasteiger partial charge in [0.2, 0.25) is 0 Å². The molecule has 1 saturated heterocycles. The molecular formula is C16H20N2O3. The molecule has 21 heavy (non-hydrogen) atoms. The molecule has 2 aliphatic heterocycles. The van der Waals surface area contributed by atoms with E-state index in [2.05, 4.69) is 5.32 Å². The van der Waals surface area contributed by atoms with Crippen LogP contribution in [0.5, 0.6) is 5.75 Å². The van der Waals surface area contributed by atoms with Crippen molar-refractivity contribution in [2.45, 2.75) is 38.2 Å². The number of para-hydroxylation sites is 2. The van der Waals surface area contributed by atoms with Crippen LogP contribution in [0.2, 0.25) is 0 Å². The third kappa shape index (κ3) is 2.48. The number of rotatable bonds is 1. The van der Waals surface area contributed by atoms with Gasteiger partial charge in [0.25, 0.3) is 17.4 Å².